The van der Waals surface area contributed by atoms with Crippen molar-refractivity contribution in [1.29, 1.82) is 0 Å². The lowest BCUT2D eigenvalue weighted by Crippen LogP contribution is -2.46. The van der Waals surface area contributed by atoms with E-state index in [2.05, 4.69) is 26.6 Å². The third-order valence-corrected chi connectivity index (χ3v) is 5.01. The van der Waals surface area contributed by atoms with Crippen molar-refractivity contribution in [3.63, 3.8) is 0 Å². The van der Waals surface area contributed by atoms with Gasteiger partial charge in [-0.25, -0.2) is 0 Å². The molecule has 142 valence electrons. The van der Waals surface area contributed by atoms with Gasteiger partial charge in [-0.05, 0) is 42.9 Å². The van der Waals surface area contributed by atoms with Crippen LogP contribution in [0.2, 0.25) is 0 Å². The fraction of sp³-hybridized carbons (Fsp3) is 0.579. The smallest absolute Gasteiger partial charge is 0.231 e. The topological polar surface area (TPSA) is 75.2 Å². The van der Waals surface area contributed by atoms with Crippen LogP contribution in [-0.2, 0) is 11.2 Å². The molecule has 7 nitrogen and oxygen atoms in total. The zero-order chi connectivity index (χ0) is 18.4. The fourth-order valence-corrected chi connectivity index (χ4v) is 3.46. The molecule has 2 heterocycles. The summed E-state index contributed by atoms with van der Waals surface area (Å²) in [6.07, 6.45) is 3.57. The third kappa shape index (κ3) is 4.59. The van der Waals surface area contributed by atoms with Gasteiger partial charge < -0.3 is 25.0 Å². The molecule has 0 saturated carbocycles. The van der Waals surface area contributed by atoms with Gasteiger partial charge in [0.2, 0.25) is 12.7 Å². The van der Waals surface area contributed by atoms with Gasteiger partial charge >= 0.3 is 0 Å². The summed E-state index contributed by atoms with van der Waals surface area (Å²) in [5.41, 5.74) is 1.21. The van der Waals surface area contributed by atoms with E-state index >= 15 is 0 Å². The van der Waals surface area contributed by atoms with Gasteiger partial charge in [0.05, 0.1) is 0 Å². The number of carbonyl (C=O) groups excluding carboxylic acids is 1. The highest BCUT2D eigenvalue weighted by Crippen LogP contribution is 2.32. The second-order valence-corrected chi connectivity index (χ2v) is 6.72. The first-order valence-electron chi connectivity index (χ1n) is 9.24. The van der Waals surface area contributed by atoms with E-state index in [0.29, 0.717) is 19.1 Å². The number of benzene rings is 1. The summed E-state index contributed by atoms with van der Waals surface area (Å²) in [4.78, 5) is 18.2. The Labute approximate surface area is 154 Å². The summed E-state index contributed by atoms with van der Waals surface area (Å²) in [7, 11) is 3.52. The molecule has 3 rings (SSSR count). The first kappa shape index (κ1) is 18.4. The predicted octanol–water partition coefficient (Wildman–Crippen LogP) is 1.38. The zero-order valence-corrected chi connectivity index (χ0v) is 15.6. The van der Waals surface area contributed by atoms with E-state index < -0.39 is 0 Å². The van der Waals surface area contributed by atoms with Crippen molar-refractivity contribution in [3.8, 4) is 11.5 Å². The highest BCUT2D eigenvalue weighted by molar-refractivity contribution is 5.80. The van der Waals surface area contributed by atoms with E-state index in [1.165, 1.54) is 5.56 Å². The van der Waals surface area contributed by atoms with Gasteiger partial charge in [-0.1, -0.05) is 6.07 Å². The van der Waals surface area contributed by atoms with Crippen LogP contribution in [0, 0.1) is 5.92 Å². The van der Waals surface area contributed by atoms with Gasteiger partial charge in [0.25, 0.3) is 0 Å². The highest BCUT2D eigenvalue weighted by atomic mass is 16.7. The van der Waals surface area contributed by atoms with Gasteiger partial charge in [0.15, 0.2) is 17.5 Å². The Morgan fingerprint density at radius 3 is 2.77 bits per heavy atom. The first-order chi connectivity index (χ1) is 12.7. The number of nitrogens with one attached hydrogen (secondary N) is 2. The number of hydrogen-bond acceptors (Lipinski definition) is 4. The number of guanidine groups is 1. The Morgan fingerprint density at radius 1 is 1.27 bits per heavy atom. The number of nitrogens with zero attached hydrogens (tertiary/aromatic N) is 2. The molecule has 1 fully saturated rings. The van der Waals surface area contributed by atoms with E-state index in [1.807, 2.05) is 19.2 Å². The normalized spacial score (nSPS) is 17.3. The number of rotatable bonds is 5. The van der Waals surface area contributed by atoms with E-state index in [9.17, 15) is 4.79 Å². The molecule has 0 bridgehead atoms. The molecule has 0 aromatic heterocycles. The molecule has 0 radical (unpaired) electrons. The van der Waals surface area contributed by atoms with Crippen molar-refractivity contribution in [2.75, 3.05) is 40.5 Å². The molecule has 1 saturated heterocycles. The average molecular weight is 360 g/mol. The fourth-order valence-electron chi connectivity index (χ4n) is 3.46. The van der Waals surface area contributed by atoms with E-state index in [-0.39, 0.29) is 5.91 Å². The van der Waals surface area contributed by atoms with Crippen LogP contribution in [0.4, 0.5) is 0 Å². The standard InChI is InChI=1S/C19H28N4O3/c1-20-18(24)12-15-6-9-23(10-7-15)19(21-2)22-8-5-14-3-4-16-17(11-14)26-13-25-16/h3-4,11,15H,5-10,12-13H2,1-2H3,(H,20,24)(H,21,22). The number of ether oxygens (including phenoxy) is 2. The molecule has 1 aromatic carbocycles. The molecule has 1 amide bonds. The van der Waals surface area contributed by atoms with Gasteiger partial charge in [-0.2, -0.15) is 0 Å². The van der Waals surface area contributed by atoms with Gasteiger partial charge in [-0.3, -0.25) is 9.79 Å². The maximum Gasteiger partial charge on any atom is 0.231 e. The van der Waals surface area contributed by atoms with Crippen LogP contribution in [-0.4, -0.2) is 57.3 Å². The minimum Gasteiger partial charge on any atom is -0.454 e. The Morgan fingerprint density at radius 2 is 2.04 bits per heavy atom. The van der Waals surface area contributed by atoms with Crippen LogP contribution >= 0.6 is 0 Å². The Balaban J connectivity index is 1.43. The molecule has 1 aromatic rings. The predicted molar refractivity (Wildman–Crippen MR) is 101 cm³/mol. The van der Waals surface area contributed by atoms with Gasteiger partial charge in [-0.15, -0.1) is 0 Å². The van der Waals surface area contributed by atoms with E-state index in [4.69, 9.17) is 9.47 Å². The molecule has 0 spiro atoms. The first-order valence-corrected chi connectivity index (χ1v) is 9.24. The van der Waals surface area contributed by atoms with Crippen molar-refractivity contribution in [3.05, 3.63) is 23.8 Å². The second-order valence-electron chi connectivity index (χ2n) is 6.72. The molecule has 2 N–H and O–H groups in total. The van der Waals surface area contributed by atoms with Crippen LogP contribution in [0.25, 0.3) is 0 Å². The summed E-state index contributed by atoms with van der Waals surface area (Å²) in [5, 5.41) is 6.16. The lowest BCUT2D eigenvalue weighted by molar-refractivity contribution is -0.121. The summed E-state index contributed by atoms with van der Waals surface area (Å²) < 4.78 is 10.8. The van der Waals surface area contributed by atoms with Crippen molar-refractivity contribution < 1.29 is 14.3 Å². The number of amides is 1. The minimum atomic E-state index is 0.134. The van der Waals surface area contributed by atoms with Crippen molar-refractivity contribution >= 4 is 11.9 Å². The summed E-state index contributed by atoms with van der Waals surface area (Å²) >= 11 is 0. The zero-order valence-electron chi connectivity index (χ0n) is 15.6. The maximum absolute atomic E-state index is 11.5. The number of fused-ring (bicyclic) bond motifs is 1. The van der Waals surface area contributed by atoms with Crippen LogP contribution in [0.5, 0.6) is 11.5 Å². The number of piperidine rings is 1. The van der Waals surface area contributed by atoms with Crippen LogP contribution in [0.1, 0.15) is 24.8 Å². The molecule has 7 heteroatoms. The van der Waals surface area contributed by atoms with Crippen molar-refractivity contribution in [2.24, 2.45) is 10.9 Å². The number of aliphatic imine (C=N–C) groups is 1. The third-order valence-electron chi connectivity index (χ3n) is 5.01. The summed E-state index contributed by atoms with van der Waals surface area (Å²) in [6, 6.07) is 6.07. The Hall–Kier alpha value is -2.44. The van der Waals surface area contributed by atoms with Crippen molar-refractivity contribution in [2.45, 2.75) is 25.7 Å². The molecule has 0 atom stereocenters. The molecule has 26 heavy (non-hydrogen) atoms. The van der Waals surface area contributed by atoms with E-state index in [0.717, 1.165) is 56.4 Å². The summed E-state index contributed by atoms with van der Waals surface area (Å²) in [5.74, 6) is 3.18. The SMILES string of the molecule is CN=C(NCCc1ccc2c(c1)OCO2)N1CCC(CC(=O)NC)CC1. The number of carbonyl (C=O) groups is 1. The lowest BCUT2D eigenvalue weighted by atomic mass is 9.93. The monoisotopic (exact) mass is 360 g/mol. The van der Waals surface area contributed by atoms with E-state index in [1.54, 1.807) is 7.05 Å². The van der Waals surface area contributed by atoms with Crippen molar-refractivity contribution in [1.82, 2.24) is 15.5 Å². The summed E-state index contributed by atoms with van der Waals surface area (Å²) in [6.45, 7) is 2.99. The largest absolute Gasteiger partial charge is 0.454 e. The number of likely N-dealkylation sites (tertiary alicyclic amines) is 1. The highest BCUT2D eigenvalue weighted by Gasteiger charge is 2.23. The quantitative estimate of drug-likeness (QED) is 0.613. The number of hydrogen-bond donors (Lipinski definition) is 2. The lowest BCUT2D eigenvalue weighted by Gasteiger charge is -2.34. The molecular weight excluding hydrogens is 332 g/mol. The minimum absolute atomic E-state index is 0.134. The Kier molecular flexibility index (Phi) is 6.20. The average Bonchev–Trinajstić information content (AvgIpc) is 3.14. The molecule has 2 aliphatic rings. The molecular formula is C19H28N4O3. The Bertz CT molecular complexity index is 654. The van der Waals surface area contributed by atoms with Crippen LogP contribution in [0.15, 0.2) is 23.2 Å². The maximum atomic E-state index is 11.5. The van der Waals surface area contributed by atoms with Crippen LogP contribution < -0.4 is 20.1 Å². The van der Waals surface area contributed by atoms with Gasteiger partial charge in [0, 0.05) is 40.2 Å². The molecule has 0 aliphatic carbocycles. The van der Waals surface area contributed by atoms with Crippen LogP contribution in [0.3, 0.4) is 0 Å². The molecule has 2 aliphatic heterocycles. The van der Waals surface area contributed by atoms with Gasteiger partial charge in [0.1, 0.15) is 0 Å². The molecule has 0 unspecified atom stereocenters. The second kappa shape index (κ2) is 8.78.